The number of hydrogen-bond donors (Lipinski definition) is 2. The molecule has 0 spiro atoms. The Labute approximate surface area is 206 Å². The Morgan fingerprint density at radius 2 is 1.73 bits per heavy atom. The highest BCUT2D eigenvalue weighted by Crippen LogP contribution is 2.45. The molecule has 0 bridgehead atoms. The number of nitrogens with zero attached hydrogens (tertiary/aromatic N) is 3. The molecular weight excluding hydrogens is 496 g/mol. The van der Waals surface area contributed by atoms with Gasteiger partial charge in [-0.2, -0.15) is 0 Å². The predicted molar refractivity (Wildman–Crippen MR) is 139 cm³/mol. The van der Waals surface area contributed by atoms with Crippen molar-refractivity contribution in [1.82, 2.24) is 14.9 Å². The summed E-state index contributed by atoms with van der Waals surface area (Å²) in [4.78, 5) is 6.64. The van der Waals surface area contributed by atoms with Crippen LogP contribution < -0.4 is 10.2 Å². The van der Waals surface area contributed by atoms with Gasteiger partial charge in [-0.25, -0.2) is 0 Å². The predicted octanol–water partition coefficient (Wildman–Crippen LogP) is 6.13. The molecule has 33 heavy (non-hydrogen) atoms. The van der Waals surface area contributed by atoms with Gasteiger partial charge in [0, 0.05) is 27.7 Å². The first-order valence-electron chi connectivity index (χ1n) is 10.7. The third-order valence-electron chi connectivity index (χ3n) is 6.11. The number of phenolic OH excluding ortho intramolecular Hbond substituents is 1. The van der Waals surface area contributed by atoms with Crippen molar-refractivity contribution in [2.45, 2.75) is 25.9 Å². The SMILES string of the molecule is Cc1cc([C@@H]2[C@@H](c3ccccn3)NC(=S)N2c2ccccc2O)c(C)n1-c1ccc(Br)cc1. The number of thiocarbonyl (C=S) groups is 1. The zero-order valence-corrected chi connectivity index (χ0v) is 20.6. The van der Waals surface area contributed by atoms with E-state index in [1.165, 1.54) is 0 Å². The average Bonchev–Trinajstić information content (AvgIpc) is 3.31. The molecule has 4 aromatic rings. The van der Waals surface area contributed by atoms with Crippen molar-refractivity contribution in [3.8, 4) is 11.4 Å². The number of aromatic nitrogens is 2. The van der Waals surface area contributed by atoms with E-state index in [9.17, 15) is 5.11 Å². The minimum atomic E-state index is -0.184. The van der Waals surface area contributed by atoms with Crippen molar-refractivity contribution >= 4 is 38.9 Å². The first kappa shape index (κ1) is 21.7. The second-order valence-electron chi connectivity index (χ2n) is 8.12. The highest BCUT2D eigenvalue weighted by Gasteiger charge is 2.43. The molecule has 5 rings (SSSR count). The monoisotopic (exact) mass is 518 g/mol. The molecule has 0 saturated carbocycles. The van der Waals surface area contributed by atoms with Crippen molar-refractivity contribution in [2.24, 2.45) is 0 Å². The molecule has 0 unspecified atom stereocenters. The van der Waals surface area contributed by atoms with Crippen LogP contribution in [0.5, 0.6) is 5.75 Å². The van der Waals surface area contributed by atoms with E-state index in [0.717, 1.165) is 32.8 Å². The Hall–Kier alpha value is -3.16. The fraction of sp³-hybridized carbons (Fsp3) is 0.154. The molecule has 5 nitrogen and oxygen atoms in total. The third kappa shape index (κ3) is 3.81. The molecule has 1 aliphatic heterocycles. The molecule has 3 heterocycles. The van der Waals surface area contributed by atoms with Crippen molar-refractivity contribution in [3.05, 3.63) is 106 Å². The normalized spacial score (nSPS) is 17.9. The number of anilines is 1. The summed E-state index contributed by atoms with van der Waals surface area (Å²) in [6.45, 7) is 4.24. The lowest BCUT2D eigenvalue weighted by molar-refractivity contribution is 0.472. The fourth-order valence-electron chi connectivity index (χ4n) is 4.67. The molecule has 0 radical (unpaired) electrons. The maximum atomic E-state index is 10.7. The summed E-state index contributed by atoms with van der Waals surface area (Å²) in [6.07, 6.45) is 1.80. The maximum Gasteiger partial charge on any atom is 0.174 e. The van der Waals surface area contributed by atoms with E-state index in [-0.39, 0.29) is 17.8 Å². The van der Waals surface area contributed by atoms with Gasteiger partial charge in [0.25, 0.3) is 0 Å². The number of para-hydroxylation sites is 2. The molecule has 166 valence electrons. The number of pyridine rings is 1. The standard InChI is InChI=1S/C26H23BrN4OS/c1-16-15-20(17(2)30(16)19-12-10-18(27)11-13-19)25-24(21-7-5-6-14-28-21)29-26(33)31(25)22-8-3-4-9-23(22)32/h3-15,24-25,32H,1-2H3,(H,29,33)/t24-,25-/m1/s1. The lowest BCUT2D eigenvalue weighted by atomic mass is 9.96. The molecule has 2 atom stereocenters. The molecule has 0 amide bonds. The van der Waals surface area contributed by atoms with E-state index in [1.807, 2.05) is 53.4 Å². The van der Waals surface area contributed by atoms with Gasteiger partial charge in [0.2, 0.25) is 0 Å². The summed E-state index contributed by atoms with van der Waals surface area (Å²) in [5, 5.41) is 14.7. The topological polar surface area (TPSA) is 53.3 Å². The van der Waals surface area contributed by atoms with Crippen LogP contribution >= 0.6 is 28.1 Å². The molecule has 2 aromatic heterocycles. The van der Waals surface area contributed by atoms with Crippen LogP contribution in [-0.4, -0.2) is 19.8 Å². The minimum Gasteiger partial charge on any atom is -0.506 e. The summed E-state index contributed by atoms with van der Waals surface area (Å²) in [7, 11) is 0. The van der Waals surface area contributed by atoms with Gasteiger partial charge in [-0.05, 0) is 86.2 Å². The highest BCUT2D eigenvalue weighted by atomic mass is 79.9. The first-order valence-corrected chi connectivity index (χ1v) is 11.9. The van der Waals surface area contributed by atoms with Crippen LogP contribution in [0.1, 0.15) is 34.7 Å². The minimum absolute atomic E-state index is 0.169. The van der Waals surface area contributed by atoms with E-state index in [4.69, 9.17) is 12.2 Å². The van der Waals surface area contributed by atoms with Gasteiger partial charge in [-0.15, -0.1) is 0 Å². The van der Waals surface area contributed by atoms with Crippen LogP contribution in [0.4, 0.5) is 5.69 Å². The maximum absolute atomic E-state index is 10.7. The van der Waals surface area contributed by atoms with Crippen molar-refractivity contribution in [3.63, 3.8) is 0 Å². The molecule has 7 heteroatoms. The number of halogens is 1. The molecule has 0 aliphatic carbocycles. The Morgan fingerprint density at radius 1 is 1.00 bits per heavy atom. The number of hydrogen-bond acceptors (Lipinski definition) is 3. The van der Waals surface area contributed by atoms with E-state index in [1.54, 1.807) is 12.3 Å². The zero-order chi connectivity index (χ0) is 23.1. The summed E-state index contributed by atoms with van der Waals surface area (Å²) in [5.74, 6) is 0.190. The van der Waals surface area contributed by atoms with E-state index >= 15 is 0 Å². The number of rotatable bonds is 4. The van der Waals surface area contributed by atoms with Gasteiger partial charge in [0.15, 0.2) is 5.11 Å². The number of aryl methyl sites for hydroxylation is 1. The molecular formula is C26H23BrN4OS. The number of nitrogens with one attached hydrogen (secondary N) is 1. The highest BCUT2D eigenvalue weighted by molar-refractivity contribution is 9.10. The van der Waals surface area contributed by atoms with Crippen LogP contribution in [0, 0.1) is 13.8 Å². The first-order chi connectivity index (χ1) is 16.0. The van der Waals surface area contributed by atoms with E-state index in [0.29, 0.717) is 10.8 Å². The third-order valence-corrected chi connectivity index (χ3v) is 6.96. The Balaban J connectivity index is 1.69. The summed E-state index contributed by atoms with van der Waals surface area (Å²) in [6, 6.07) is 23.4. The Bertz CT molecular complexity index is 1320. The van der Waals surface area contributed by atoms with Gasteiger partial charge >= 0.3 is 0 Å². The Morgan fingerprint density at radius 3 is 2.42 bits per heavy atom. The summed E-state index contributed by atoms with van der Waals surface area (Å²) in [5.41, 5.74) is 6.04. The van der Waals surface area contributed by atoms with Crippen LogP contribution in [0.25, 0.3) is 5.69 Å². The average molecular weight is 519 g/mol. The smallest absolute Gasteiger partial charge is 0.174 e. The van der Waals surface area contributed by atoms with Crippen LogP contribution in [-0.2, 0) is 0 Å². The molecule has 2 aromatic carbocycles. The van der Waals surface area contributed by atoms with Gasteiger partial charge in [-0.1, -0.05) is 34.1 Å². The lowest BCUT2D eigenvalue weighted by Gasteiger charge is -2.28. The molecule has 2 N–H and O–H groups in total. The molecule has 1 fully saturated rings. The summed E-state index contributed by atoms with van der Waals surface area (Å²) < 4.78 is 3.29. The molecule has 1 aliphatic rings. The van der Waals surface area contributed by atoms with Gasteiger partial charge in [0.05, 0.1) is 23.5 Å². The van der Waals surface area contributed by atoms with E-state index in [2.05, 4.69) is 62.8 Å². The second kappa shape index (κ2) is 8.65. The number of phenols is 1. The zero-order valence-electron chi connectivity index (χ0n) is 18.2. The molecule has 1 saturated heterocycles. The van der Waals surface area contributed by atoms with E-state index < -0.39 is 0 Å². The lowest BCUT2D eigenvalue weighted by Crippen LogP contribution is -2.29. The van der Waals surface area contributed by atoms with Crippen LogP contribution in [0.15, 0.2) is 83.5 Å². The van der Waals surface area contributed by atoms with Crippen LogP contribution in [0.3, 0.4) is 0 Å². The second-order valence-corrected chi connectivity index (χ2v) is 9.43. The van der Waals surface area contributed by atoms with Gasteiger partial charge < -0.3 is 19.9 Å². The van der Waals surface area contributed by atoms with Crippen molar-refractivity contribution in [1.29, 1.82) is 0 Å². The number of benzene rings is 2. The van der Waals surface area contributed by atoms with Crippen LogP contribution in [0.2, 0.25) is 0 Å². The quantitative estimate of drug-likeness (QED) is 0.318. The number of aromatic hydroxyl groups is 1. The van der Waals surface area contributed by atoms with Crippen molar-refractivity contribution in [2.75, 3.05) is 4.90 Å². The van der Waals surface area contributed by atoms with Gasteiger partial charge in [0.1, 0.15) is 5.75 Å². The summed E-state index contributed by atoms with van der Waals surface area (Å²) >= 11 is 9.32. The van der Waals surface area contributed by atoms with Gasteiger partial charge in [-0.3, -0.25) is 4.98 Å². The fourth-order valence-corrected chi connectivity index (χ4v) is 5.28. The Kier molecular flexibility index (Phi) is 5.68. The largest absolute Gasteiger partial charge is 0.506 e. The van der Waals surface area contributed by atoms with Crippen molar-refractivity contribution < 1.29 is 5.11 Å².